The van der Waals surface area contributed by atoms with Gasteiger partial charge >= 0.3 is 5.13 Å². The van der Waals surface area contributed by atoms with Gasteiger partial charge in [-0.15, -0.1) is 23.1 Å². The lowest BCUT2D eigenvalue weighted by Crippen LogP contribution is -2.34. The van der Waals surface area contributed by atoms with Crippen molar-refractivity contribution in [1.82, 2.24) is 14.4 Å². The van der Waals surface area contributed by atoms with Gasteiger partial charge in [0.25, 0.3) is 16.6 Å². The van der Waals surface area contributed by atoms with E-state index < -0.39 is 0 Å². The molecule has 176 valence electrons. The highest BCUT2D eigenvalue weighted by atomic mass is 32.2. The van der Waals surface area contributed by atoms with Crippen LogP contribution in [0.15, 0.2) is 51.7 Å². The minimum atomic E-state index is -0.112. The van der Waals surface area contributed by atoms with Gasteiger partial charge < -0.3 is 4.90 Å². The Morgan fingerprint density at radius 2 is 1.97 bits per heavy atom. The van der Waals surface area contributed by atoms with Gasteiger partial charge in [0.1, 0.15) is 20.3 Å². The fourth-order valence-corrected chi connectivity index (χ4v) is 8.30. The number of aromatic nitrogens is 2. The predicted molar refractivity (Wildman–Crippen MR) is 143 cm³/mol. The summed E-state index contributed by atoms with van der Waals surface area (Å²) in [7, 11) is 3.96. The second kappa shape index (κ2) is 9.73. The summed E-state index contributed by atoms with van der Waals surface area (Å²) in [6.07, 6.45) is 1.95. The van der Waals surface area contributed by atoms with Crippen LogP contribution in [0.4, 0.5) is 5.13 Å². The van der Waals surface area contributed by atoms with Crippen molar-refractivity contribution in [2.24, 2.45) is 12.0 Å². The Labute approximate surface area is 213 Å². The van der Waals surface area contributed by atoms with Crippen LogP contribution >= 0.6 is 46.2 Å². The molecule has 11 heteroatoms. The molecule has 0 radical (unpaired) electrons. The summed E-state index contributed by atoms with van der Waals surface area (Å²) >= 11 is 6.01. The van der Waals surface area contributed by atoms with Crippen molar-refractivity contribution in [3.05, 3.63) is 67.0 Å². The maximum Gasteiger partial charge on any atom is 0.384 e. The van der Waals surface area contributed by atoms with Crippen molar-refractivity contribution < 1.29 is 9.36 Å². The molecule has 0 atom stereocenters. The molecule has 7 nitrogen and oxygen atoms in total. The van der Waals surface area contributed by atoms with Gasteiger partial charge in [-0.1, -0.05) is 41.7 Å². The van der Waals surface area contributed by atoms with Crippen LogP contribution < -0.4 is 19.3 Å². The number of rotatable bonds is 4. The van der Waals surface area contributed by atoms with E-state index in [-0.39, 0.29) is 11.5 Å². The Balaban J connectivity index is 1.69. The van der Waals surface area contributed by atoms with E-state index in [0.717, 1.165) is 28.0 Å². The number of aliphatic imine (C=N–C) groups is 1. The largest absolute Gasteiger partial charge is 0.384 e. The topological polar surface area (TPSA) is 61.8 Å². The molecule has 2 aliphatic heterocycles. The number of hydrogen-bond donors (Lipinski definition) is 0. The zero-order chi connectivity index (χ0) is 23.8. The standard InChI is InChI=1S/C23H24N5O2S4/c1-4-27-18(29)16(20-25(2)10-12-31-20)33-21(27)17-19(30)28(14-15-8-6-5-7-9-15)23(34-17)24-22-26(3)11-13-32-22/h5-9,11,13H,4,10,12,14H2,1-3H3/q+1/b20-16+,21-17-. The van der Waals surface area contributed by atoms with Crippen molar-refractivity contribution in [2.45, 2.75) is 20.0 Å². The van der Waals surface area contributed by atoms with Crippen LogP contribution in [0.2, 0.25) is 0 Å². The van der Waals surface area contributed by atoms with Crippen LogP contribution in [-0.2, 0) is 24.9 Å². The normalized spacial score (nSPS) is 20.8. The number of thiazole rings is 2. The summed E-state index contributed by atoms with van der Waals surface area (Å²) in [4.78, 5) is 36.3. The van der Waals surface area contributed by atoms with E-state index in [1.807, 2.05) is 67.5 Å². The molecule has 0 N–H and O–H groups in total. The summed E-state index contributed by atoms with van der Waals surface area (Å²) in [5, 5.41) is 4.42. The van der Waals surface area contributed by atoms with Crippen LogP contribution in [0.3, 0.4) is 0 Å². The molecule has 2 aliphatic rings. The number of thioether (sulfide) groups is 2. The van der Waals surface area contributed by atoms with Crippen LogP contribution in [0, 0.1) is 0 Å². The fraction of sp³-hybridized carbons (Fsp3) is 0.304. The summed E-state index contributed by atoms with van der Waals surface area (Å²) in [6.45, 7) is 3.80. The molecule has 4 heterocycles. The number of nitrogens with zero attached hydrogens (tertiary/aromatic N) is 5. The van der Waals surface area contributed by atoms with Crippen molar-refractivity contribution in [1.29, 1.82) is 0 Å². The Bertz CT molecular complexity index is 1450. The van der Waals surface area contributed by atoms with E-state index in [1.165, 1.54) is 34.4 Å². The van der Waals surface area contributed by atoms with Gasteiger partial charge in [-0.25, -0.2) is 4.57 Å². The first-order valence-corrected chi connectivity index (χ1v) is 14.4. The molecule has 2 aromatic heterocycles. The highest BCUT2D eigenvalue weighted by Gasteiger charge is 2.39. The number of carbonyl (C=O) groups excluding carboxylic acids is 1. The van der Waals surface area contributed by atoms with E-state index in [1.54, 1.807) is 21.2 Å². The summed E-state index contributed by atoms with van der Waals surface area (Å²) in [6, 6.07) is 9.92. The van der Waals surface area contributed by atoms with E-state index in [4.69, 9.17) is 4.99 Å². The number of hydrogen-bond acceptors (Lipinski definition) is 8. The molecular weight excluding hydrogens is 507 g/mol. The second-order valence-electron chi connectivity index (χ2n) is 7.86. The van der Waals surface area contributed by atoms with E-state index in [0.29, 0.717) is 32.4 Å². The van der Waals surface area contributed by atoms with Crippen molar-refractivity contribution in [3.63, 3.8) is 0 Å². The average molecular weight is 531 g/mol. The third-order valence-electron chi connectivity index (χ3n) is 5.60. The first kappa shape index (κ1) is 23.4. The summed E-state index contributed by atoms with van der Waals surface area (Å²) < 4.78 is 5.10. The van der Waals surface area contributed by atoms with Crippen LogP contribution in [0.25, 0.3) is 9.93 Å². The maximum absolute atomic E-state index is 13.8. The molecule has 5 rings (SSSR count). The third-order valence-corrected chi connectivity index (χ3v) is 10.1. The molecule has 3 aromatic rings. The Kier molecular flexibility index (Phi) is 6.70. The number of amidine groups is 1. The lowest BCUT2D eigenvalue weighted by Gasteiger charge is -2.12. The molecular formula is C23H24N5O2S4+. The molecule has 0 aliphatic carbocycles. The van der Waals surface area contributed by atoms with E-state index in [2.05, 4.69) is 4.90 Å². The van der Waals surface area contributed by atoms with Gasteiger partial charge in [0.05, 0.1) is 18.6 Å². The quantitative estimate of drug-likeness (QED) is 0.484. The number of carbonyl (C=O) groups is 1. The predicted octanol–water partition coefficient (Wildman–Crippen LogP) is 2.13. The molecule has 2 saturated heterocycles. The number of benzene rings is 1. The van der Waals surface area contributed by atoms with Crippen molar-refractivity contribution in [2.75, 3.05) is 19.3 Å². The molecule has 0 spiro atoms. The highest BCUT2D eigenvalue weighted by Crippen LogP contribution is 2.34. The minimum Gasteiger partial charge on any atom is -0.367 e. The van der Waals surface area contributed by atoms with Crippen LogP contribution in [0.5, 0.6) is 0 Å². The van der Waals surface area contributed by atoms with Gasteiger partial charge in [-0.3, -0.25) is 19.1 Å². The number of aryl methyl sites for hydroxylation is 1. The summed E-state index contributed by atoms with van der Waals surface area (Å²) in [5.74, 6) is 0.855. The Hall–Kier alpha value is -2.34. The maximum atomic E-state index is 13.8. The molecule has 2 fully saturated rings. The third kappa shape index (κ3) is 4.26. The highest BCUT2D eigenvalue weighted by molar-refractivity contribution is 8.23. The minimum absolute atomic E-state index is 0.0238. The van der Waals surface area contributed by atoms with Gasteiger partial charge in [0, 0.05) is 31.3 Å². The van der Waals surface area contributed by atoms with Crippen molar-refractivity contribution in [3.8, 4) is 0 Å². The van der Waals surface area contributed by atoms with Gasteiger partial charge in [0.15, 0.2) is 0 Å². The zero-order valence-corrected chi connectivity index (χ0v) is 22.3. The van der Waals surface area contributed by atoms with Gasteiger partial charge in [0.2, 0.25) is 0 Å². The second-order valence-corrected chi connectivity index (χ2v) is 11.8. The average Bonchev–Trinajstić information content (AvgIpc) is 3.59. The SMILES string of the molecule is CCn1c(=O)/c(=C2\SCCN2C)s/c1=C1\S/C(=N\c2scc[n+]2C)N(Cc2ccccc2)C1=O. The van der Waals surface area contributed by atoms with Crippen LogP contribution in [0.1, 0.15) is 12.5 Å². The number of amides is 1. The van der Waals surface area contributed by atoms with Gasteiger partial charge in [-0.05, 0) is 29.2 Å². The molecule has 0 unspecified atom stereocenters. The lowest BCUT2D eigenvalue weighted by molar-refractivity contribution is -0.653. The fourth-order valence-electron chi connectivity index (χ4n) is 3.77. The Morgan fingerprint density at radius 1 is 1.18 bits per heavy atom. The lowest BCUT2D eigenvalue weighted by atomic mass is 10.2. The van der Waals surface area contributed by atoms with Crippen molar-refractivity contribution >= 4 is 72.3 Å². The van der Waals surface area contributed by atoms with E-state index >= 15 is 0 Å². The van der Waals surface area contributed by atoms with Gasteiger partial charge in [-0.2, -0.15) is 0 Å². The summed E-state index contributed by atoms with van der Waals surface area (Å²) in [5.41, 5.74) is 1.00. The Morgan fingerprint density at radius 3 is 2.62 bits per heavy atom. The molecule has 1 aromatic carbocycles. The van der Waals surface area contributed by atoms with Crippen LogP contribution in [-0.4, -0.2) is 44.8 Å². The van der Waals surface area contributed by atoms with E-state index in [9.17, 15) is 9.59 Å². The molecule has 0 bridgehead atoms. The first-order valence-electron chi connectivity index (χ1n) is 10.9. The first-order chi connectivity index (χ1) is 16.5. The molecule has 0 saturated carbocycles. The smallest absolute Gasteiger partial charge is 0.367 e. The molecule has 1 amide bonds. The zero-order valence-electron chi connectivity index (χ0n) is 19.1. The molecule has 34 heavy (non-hydrogen) atoms. The monoisotopic (exact) mass is 530 g/mol.